The van der Waals surface area contributed by atoms with Gasteiger partial charge in [0.25, 0.3) is 0 Å². The summed E-state index contributed by atoms with van der Waals surface area (Å²) < 4.78 is 2.54. The smallest absolute Gasteiger partial charge is 0.0858 e. The highest BCUT2D eigenvalue weighted by molar-refractivity contribution is 9.12. The first-order valence-electron chi connectivity index (χ1n) is 2.52. The summed E-state index contributed by atoms with van der Waals surface area (Å²) in [6.07, 6.45) is 0. The van der Waals surface area contributed by atoms with Crippen LogP contribution < -0.4 is 0 Å². The summed E-state index contributed by atoms with van der Waals surface area (Å²) in [7, 11) is 0. The van der Waals surface area contributed by atoms with Crippen LogP contribution in [0.3, 0.4) is 0 Å². The van der Waals surface area contributed by atoms with Gasteiger partial charge >= 0.3 is 0 Å². The predicted molar refractivity (Wildman–Crippen MR) is 56.3 cm³/mol. The fourth-order valence-electron chi connectivity index (χ4n) is 0.742. The number of halogens is 2. The van der Waals surface area contributed by atoms with Gasteiger partial charge in [-0.25, -0.2) is 0 Å². The van der Waals surface area contributed by atoms with Gasteiger partial charge in [-0.1, -0.05) is 0 Å². The molecule has 1 aliphatic heterocycles. The van der Waals surface area contributed by atoms with Crippen LogP contribution in [0.25, 0.3) is 0 Å². The Kier molecular flexibility index (Phi) is 2.40. The van der Waals surface area contributed by atoms with Crippen LogP contribution in [0, 0.1) is 0 Å². The molecule has 0 fully saturated rings. The zero-order valence-electron chi connectivity index (χ0n) is 4.69. The highest BCUT2D eigenvalue weighted by Gasteiger charge is 2.21. The molecule has 2 heterocycles. The minimum Gasteiger partial charge on any atom is -0.119 e. The maximum atomic E-state index is 3.52. The standard InChI is InChI=1S/C5H2Br2S3/c6-4-2-3(5(7)10-4)9-1-8-2/h1H2. The SMILES string of the molecule is Brc1sc(Br)c2c1SCS2. The van der Waals surface area contributed by atoms with Crippen molar-refractivity contribution in [2.75, 3.05) is 5.08 Å². The van der Waals surface area contributed by atoms with Crippen LogP contribution in [0.15, 0.2) is 17.4 Å². The lowest BCUT2D eigenvalue weighted by atomic mass is 10.7. The molecule has 0 saturated carbocycles. The van der Waals surface area contributed by atoms with E-state index < -0.39 is 0 Å². The maximum Gasteiger partial charge on any atom is 0.0858 e. The van der Waals surface area contributed by atoms with E-state index in [1.807, 2.05) is 23.5 Å². The molecule has 54 valence electrons. The first-order valence-corrected chi connectivity index (χ1v) is 6.90. The fourth-order valence-corrected chi connectivity index (χ4v) is 7.22. The largest absolute Gasteiger partial charge is 0.119 e. The predicted octanol–water partition coefficient (Wildman–Crippen LogP) is 4.43. The molecule has 2 rings (SSSR count). The van der Waals surface area contributed by atoms with E-state index in [4.69, 9.17) is 0 Å². The van der Waals surface area contributed by atoms with Gasteiger partial charge in [-0.15, -0.1) is 34.9 Å². The normalized spacial score (nSPS) is 15.8. The Morgan fingerprint density at radius 2 is 1.50 bits per heavy atom. The number of hydrogen-bond donors (Lipinski definition) is 0. The van der Waals surface area contributed by atoms with Gasteiger partial charge in [-0.2, -0.15) is 0 Å². The first kappa shape index (κ1) is 7.98. The molecule has 1 aliphatic rings. The van der Waals surface area contributed by atoms with Crippen molar-refractivity contribution in [1.82, 2.24) is 0 Å². The van der Waals surface area contributed by atoms with Gasteiger partial charge < -0.3 is 0 Å². The minimum absolute atomic E-state index is 1.16. The average molecular weight is 318 g/mol. The maximum absolute atomic E-state index is 3.52. The van der Waals surface area contributed by atoms with Crippen molar-refractivity contribution in [1.29, 1.82) is 0 Å². The van der Waals surface area contributed by atoms with Crippen LogP contribution >= 0.6 is 66.7 Å². The van der Waals surface area contributed by atoms with Crippen LogP contribution in [-0.2, 0) is 0 Å². The molecule has 0 bridgehead atoms. The second kappa shape index (κ2) is 3.01. The van der Waals surface area contributed by atoms with Crippen LogP contribution in [0.2, 0.25) is 0 Å². The molecular formula is C5H2Br2S3. The van der Waals surface area contributed by atoms with Gasteiger partial charge in [0.05, 0.1) is 7.57 Å². The van der Waals surface area contributed by atoms with Gasteiger partial charge in [0, 0.05) is 14.9 Å². The van der Waals surface area contributed by atoms with Crippen molar-refractivity contribution in [3.63, 3.8) is 0 Å². The fraction of sp³-hybridized carbons (Fsp3) is 0.200. The van der Waals surface area contributed by atoms with Gasteiger partial charge in [0.15, 0.2) is 0 Å². The van der Waals surface area contributed by atoms with Crippen LogP contribution in [0.1, 0.15) is 0 Å². The molecular weight excluding hydrogens is 316 g/mol. The molecule has 1 aromatic rings. The van der Waals surface area contributed by atoms with Crippen molar-refractivity contribution < 1.29 is 0 Å². The highest BCUT2D eigenvalue weighted by Crippen LogP contribution is 2.53. The second-order valence-electron chi connectivity index (χ2n) is 1.71. The molecule has 0 aromatic carbocycles. The van der Waals surface area contributed by atoms with E-state index in [0.717, 1.165) is 5.08 Å². The number of thioether (sulfide) groups is 2. The third kappa shape index (κ3) is 1.20. The third-order valence-corrected chi connectivity index (χ3v) is 6.93. The van der Waals surface area contributed by atoms with Gasteiger partial charge in [-0.3, -0.25) is 0 Å². The van der Waals surface area contributed by atoms with E-state index in [1.54, 1.807) is 11.3 Å². The monoisotopic (exact) mass is 316 g/mol. The quantitative estimate of drug-likeness (QED) is 0.694. The summed E-state index contributed by atoms with van der Waals surface area (Å²) in [6, 6.07) is 0. The zero-order chi connectivity index (χ0) is 7.14. The lowest BCUT2D eigenvalue weighted by molar-refractivity contribution is 1.31. The van der Waals surface area contributed by atoms with E-state index in [-0.39, 0.29) is 0 Å². The molecule has 0 radical (unpaired) electrons. The second-order valence-corrected chi connectivity index (χ2v) is 7.71. The van der Waals surface area contributed by atoms with Gasteiger partial charge in [-0.05, 0) is 31.9 Å². The lowest BCUT2D eigenvalue weighted by Gasteiger charge is -1.84. The Morgan fingerprint density at radius 3 is 2.00 bits per heavy atom. The Hall–Kier alpha value is 1.36. The third-order valence-electron chi connectivity index (χ3n) is 1.15. The zero-order valence-corrected chi connectivity index (χ0v) is 10.3. The molecule has 0 nitrogen and oxygen atoms in total. The average Bonchev–Trinajstić information content (AvgIpc) is 2.39. The Morgan fingerprint density at radius 1 is 1.00 bits per heavy atom. The molecule has 0 atom stereocenters. The Balaban J connectivity index is 2.61. The summed E-state index contributed by atoms with van der Waals surface area (Å²) in [5.41, 5.74) is 0. The molecule has 0 N–H and O–H groups in total. The van der Waals surface area contributed by atoms with E-state index in [2.05, 4.69) is 31.9 Å². The molecule has 10 heavy (non-hydrogen) atoms. The topological polar surface area (TPSA) is 0 Å². The summed E-state index contributed by atoms with van der Waals surface area (Å²) in [5.74, 6) is 0. The first-order chi connectivity index (χ1) is 4.79. The summed E-state index contributed by atoms with van der Waals surface area (Å²) >= 11 is 12.6. The number of rotatable bonds is 0. The molecule has 0 saturated heterocycles. The van der Waals surface area contributed by atoms with Crippen molar-refractivity contribution >= 4 is 66.7 Å². The van der Waals surface area contributed by atoms with E-state index in [1.165, 1.54) is 17.4 Å². The molecule has 0 unspecified atom stereocenters. The molecule has 1 aromatic heterocycles. The van der Waals surface area contributed by atoms with Crippen molar-refractivity contribution in [3.05, 3.63) is 7.57 Å². The Labute approximate surface area is 88.4 Å². The van der Waals surface area contributed by atoms with Gasteiger partial charge in [0.1, 0.15) is 0 Å². The van der Waals surface area contributed by atoms with Crippen LogP contribution in [0.4, 0.5) is 0 Å². The minimum atomic E-state index is 1.16. The van der Waals surface area contributed by atoms with Crippen LogP contribution in [0.5, 0.6) is 0 Å². The van der Waals surface area contributed by atoms with E-state index in [9.17, 15) is 0 Å². The van der Waals surface area contributed by atoms with Crippen molar-refractivity contribution in [2.45, 2.75) is 9.79 Å². The van der Waals surface area contributed by atoms with Crippen molar-refractivity contribution in [3.8, 4) is 0 Å². The number of thiophene rings is 1. The van der Waals surface area contributed by atoms with Gasteiger partial charge in [0.2, 0.25) is 0 Å². The van der Waals surface area contributed by atoms with E-state index >= 15 is 0 Å². The summed E-state index contributed by atoms with van der Waals surface area (Å²) in [5, 5.41) is 1.16. The summed E-state index contributed by atoms with van der Waals surface area (Å²) in [6.45, 7) is 0. The summed E-state index contributed by atoms with van der Waals surface area (Å²) in [4.78, 5) is 2.84. The number of hydrogen-bond acceptors (Lipinski definition) is 3. The Bertz CT molecular complexity index is 244. The highest BCUT2D eigenvalue weighted by atomic mass is 79.9. The molecule has 0 amide bonds. The molecule has 5 heteroatoms. The number of fused-ring (bicyclic) bond motifs is 1. The molecule has 0 aliphatic carbocycles. The molecule has 0 spiro atoms. The van der Waals surface area contributed by atoms with Crippen molar-refractivity contribution in [2.24, 2.45) is 0 Å². The lowest BCUT2D eigenvalue weighted by Crippen LogP contribution is -1.57. The van der Waals surface area contributed by atoms with Crippen LogP contribution in [-0.4, -0.2) is 5.08 Å². The van der Waals surface area contributed by atoms with E-state index in [0.29, 0.717) is 0 Å².